The van der Waals surface area contributed by atoms with Crippen molar-refractivity contribution < 1.29 is 36.4 Å². The first-order valence-corrected chi connectivity index (χ1v) is 7.75. The Morgan fingerprint density at radius 3 is 1.81 bits per heavy atom. The first kappa shape index (κ1) is 22.0. The van der Waals surface area contributed by atoms with Crippen LogP contribution >= 0.6 is 12.4 Å². The Morgan fingerprint density at radius 2 is 1.12 bits per heavy atom. The summed E-state index contributed by atoms with van der Waals surface area (Å²) in [6.45, 7) is 0. The number of rotatable bonds is 1. The van der Waals surface area contributed by atoms with Crippen LogP contribution in [0.4, 0.5) is 0 Å². The standard InChI is InChI=1S/C12H10O.C10H8O.ClH.Zr/c13-12-9-5-4-8-11(12)10-6-2-1-3-7-10;11-10-6-5-8-3-1-2-4-9(8)7-10;;/h1-9,13H;1-7,11H;1H;. The van der Waals surface area contributed by atoms with Crippen LogP contribution in [-0.4, -0.2) is 10.2 Å². The Morgan fingerprint density at radius 1 is 0.538 bits per heavy atom. The number of para-hydroxylation sites is 1. The summed E-state index contributed by atoms with van der Waals surface area (Å²) in [5.41, 5.74) is 1.92. The van der Waals surface area contributed by atoms with Gasteiger partial charge in [-0.2, -0.15) is 0 Å². The quantitative estimate of drug-likeness (QED) is 0.379. The Kier molecular flexibility index (Phi) is 9.12. The van der Waals surface area contributed by atoms with Crippen molar-refractivity contribution in [2.75, 3.05) is 0 Å². The van der Waals surface area contributed by atoms with E-state index in [1.807, 2.05) is 78.9 Å². The maximum absolute atomic E-state index is 9.56. The molecule has 0 aliphatic carbocycles. The van der Waals surface area contributed by atoms with Crippen LogP contribution in [0.25, 0.3) is 21.9 Å². The predicted molar refractivity (Wildman–Crippen MR) is 106 cm³/mol. The van der Waals surface area contributed by atoms with Gasteiger partial charge in [-0.3, -0.25) is 0 Å². The van der Waals surface area contributed by atoms with Crippen LogP contribution in [0, 0.1) is 0 Å². The summed E-state index contributed by atoms with van der Waals surface area (Å²) < 4.78 is 0. The number of benzene rings is 4. The number of aromatic hydroxyl groups is 2. The minimum atomic E-state index is 0. The summed E-state index contributed by atoms with van der Waals surface area (Å²) in [7, 11) is 0. The number of hydrogen-bond acceptors (Lipinski definition) is 2. The molecular weight excluding hydrogens is 423 g/mol. The van der Waals surface area contributed by atoms with E-state index in [2.05, 4.69) is 0 Å². The fraction of sp³-hybridized carbons (Fsp3) is 0. The molecule has 4 rings (SSSR count). The van der Waals surface area contributed by atoms with Gasteiger partial charge in [-0.25, -0.2) is 0 Å². The summed E-state index contributed by atoms with van der Waals surface area (Å²) in [4.78, 5) is 0. The Balaban J connectivity index is 0.000000244. The van der Waals surface area contributed by atoms with Gasteiger partial charge in [-0.05, 0) is 34.5 Å². The van der Waals surface area contributed by atoms with Crippen molar-refractivity contribution in [3.8, 4) is 22.6 Å². The molecule has 0 fully saturated rings. The molecule has 26 heavy (non-hydrogen) atoms. The van der Waals surface area contributed by atoms with Crippen molar-refractivity contribution in [1.82, 2.24) is 0 Å². The van der Waals surface area contributed by atoms with Gasteiger partial charge in [0.2, 0.25) is 0 Å². The summed E-state index contributed by atoms with van der Waals surface area (Å²) in [6, 6.07) is 30.5. The Hall–Kier alpha value is -2.09. The molecule has 0 spiro atoms. The van der Waals surface area contributed by atoms with Gasteiger partial charge in [0.15, 0.2) is 0 Å². The van der Waals surface area contributed by atoms with Crippen LogP contribution in [-0.2, 0) is 26.2 Å². The number of halogens is 1. The molecule has 4 aromatic rings. The van der Waals surface area contributed by atoms with E-state index in [1.54, 1.807) is 18.2 Å². The molecule has 0 saturated heterocycles. The van der Waals surface area contributed by atoms with E-state index in [0.717, 1.165) is 21.9 Å². The zero-order chi connectivity index (χ0) is 16.8. The zero-order valence-electron chi connectivity index (χ0n) is 14.0. The first-order chi connectivity index (χ1) is 11.7. The Labute approximate surface area is 178 Å². The minimum Gasteiger partial charge on any atom is -0.508 e. The maximum Gasteiger partial charge on any atom is 0.123 e. The second-order valence-electron chi connectivity index (χ2n) is 5.41. The summed E-state index contributed by atoms with van der Waals surface area (Å²) in [6.07, 6.45) is 0. The van der Waals surface area contributed by atoms with E-state index in [-0.39, 0.29) is 38.6 Å². The number of phenolic OH excluding ortho intramolecular Hbond substituents is 2. The van der Waals surface area contributed by atoms with Gasteiger partial charge in [-0.15, -0.1) is 12.4 Å². The molecule has 0 heterocycles. The van der Waals surface area contributed by atoms with E-state index < -0.39 is 0 Å². The minimum absolute atomic E-state index is 0. The third kappa shape index (κ3) is 5.73. The van der Waals surface area contributed by atoms with Crippen molar-refractivity contribution >= 4 is 23.2 Å². The molecule has 0 unspecified atom stereocenters. The van der Waals surface area contributed by atoms with E-state index >= 15 is 0 Å². The summed E-state index contributed by atoms with van der Waals surface area (Å²) in [5.74, 6) is 0.650. The average molecular weight is 442 g/mol. The third-order valence-electron chi connectivity index (χ3n) is 3.72. The molecule has 0 aliphatic rings. The molecule has 0 aliphatic heterocycles. The van der Waals surface area contributed by atoms with Crippen molar-refractivity contribution in [3.63, 3.8) is 0 Å². The van der Waals surface area contributed by atoms with Gasteiger partial charge >= 0.3 is 0 Å². The molecule has 0 aromatic heterocycles. The SMILES string of the molecule is Cl.Oc1ccc2ccccc2c1.Oc1ccccc1-c1ccccc1.[Zr]. The maximum atomic E-state index is 9.56. The van der Waals surface area contributed by atoms with Gasteiger partial charge in [0, 0.05) is 31.8 Å². The summed E-state index contributed by atoms with van der Waals surface area (Å²) >= 11 is 0. The fourth-order valence-electron chi connectivity index (χ4n) is 2.51. The van der Waals surface area contributed by atoms with E-state index in [1.165, 1.54) is 0 Å². The average Bonchev–Trinajstić information content (AvgIpc) is 2.63. The van der Waals surface area contributed by atoms with Gasteiger partial charge in [0.25, 0.3) is 0 Å². The van der Waals surface area contributed by atoms with Gasteiger partial charge in [0.1, 0.15) is 11.5 Å². The normalized spacial score (nSPS) is 9.23. The molecule has 0 saturated carbocycles. The fourth-order valence-corrected chi connectivity index (χ4v) is 2.51. The van der Waals surface area contributed by atoms with Gasteiger partial charge in [0.05, 0.1) is 0 Å². The molecule has 0 atom stereocenters. The monoisotopic (exact) mass is 440 g/mol. The van der Waals surface area contributed by atoms with Crippen LogP contribution in [0.2, 0.25) is 0 Å². The molecule has 2 nitrogen and oxygen atoms in total. The molecule has 2 N–H and O–H groups in total. The van der Waals surface area contributed by atoms with Gasteiger partial charge < -0.3 is 10.2 Å². The number of fused-ring (bicyclic) bond motifs is 1. The van der Waals surface area contributed by atoms with Crippen LogP contribution in [0.3, 0.4) is 0 Å². The van der Waals surface area contributed by atoms with Crippen molar-refractivity contribution in [2.45, 2.75) is 0 Å². The number of phenols is 2. The molecule has 0 radical (unpaired) electrons. The van der Waals surface area contributed by atoms with Crippen molar-refractivity contribution in [1.29, 1.82) is 0 Å². The van der Waals surface area contributed by atoms with E-state index in [4.69, 9.17) is 5.11 Å². The van der Waals surface area contributed by atoms with Gasteiger partial charge in [-0.1, -0.05) is 78.9 Å². The topological polar surface area (TPSA) is 40.5 Å². The Bertz CT molecular complexity index is 943. The molecule has 130 valence electrons. The first-order valence-electron chi connectivity index (χ1n) is 7.75. The molecule has 0 amide bonds. The van der Waals surface area contributed by atoms with E-state index in [0.29, 0.717) is 11.5 Å². The number of hydrogen-bond donors (Lipinski definition) is 2. The second-order valence-corrected chi connectivity index (χ2v) is 5.41. The predicted octanol–water partition coefficient (Wildman–Crippen LogP) is 6.02. The van der Waals surface area contributed by atoms with Crippen molar-refractivity contribution in [3.05, 3.63) is 97.1 Å². The van der Waals surface area contributed by atoms with Crippen LogP contribution in [0.5, 0.6) is 11.5 Å². The van der Waals surface area contributed by atoms with Crippen LogP contribution in [0.15, 0.2) is 97.1 Å². The second kappa shape index (κ2) is 10.8. The van der Waals surface area contributed by atoms with Crippen molar-refractivity contribution in [2.24, 2.45) is 0 Å². The molecule has 0 bridgehead atoms. The molecular formula is C22H19ClO2Zr. The third-order valence-corrected chi connectivity index (χ3v) is 3.72. The molecule has 4 heteroatoms. The zero-order valence-corrected chi connectivity index (χ0v) is 17.3. The summed E-state index contributed by atoms with van der Waals surface area (Å²) in [5, 5.41) is 20.9. The van der Waals surface area contributed by atoms with Crippen LogP contribution in [0.1, 0.15) is 0 Å². The molecule has 4 aromatic carbocycles. The van der Waals surface area contributed by atoms with Crippen LogP contribution < -0.4 is 0 Å². The smallest absolute Gasteiger partial charge is 0.123 e. The largest absolute Gasteiger partial charge is 0.508 e. The van der Waals surface area contributed by atoms with E-state index in [9.17, 15) is 5.11 Å².